The largest absolute Gasteiger partial charge is 0.508 e. The lowest BCUT2D eigenvalue weighted by molar-refractivity contribution is 0.277. The van der Waals surface area contributed by atoms with Gasteiger partial charge in [-0.2, -0.15) is 4.52 Å². The highest BCUT2D eigenvalue weighted by Crippen LogP contribution is 2.21. The molecule has 0 spiro atoms. The lowest BCUT2D eigenvalue weighted by Crippen LogP contribution is -2.39. The fourth-order valence-corrected chi connectivity index (χ4v) is 2.81. The summed E-state index contributed by atoms with van der Waals surface area (Å²) in [6.07, 6.45) is 1.62. The summed E-state index contributed by atoms with van der Waals surface area (Å²) >= 11 is 0. The second kappa shape index (κ2) is 7.16. The number of benzene rings is 1. The second-order valence-corrected chi connectivity index (χ2v) is 6.78. The molecule has 0 fully saturated rings. The van der Waals surface area contributed by atoms with E-state index in [1.165, 1.54) is 0 Å². The molecular weight excluding hydrogens is 318 g/mol. The number of phenolic OH excluding ortho intramolecular Hbond substituents is 1. The average Bonchev–Trinajstić information content (AvgIpc) is 3.08. The number of rotatable bonds is 7. The fourth-order valence-electron chi connectivity index (χ4n) is 2.81. The number of aliphatic hydroxyl groups is 1. The van der Waals surface area contributed by atoms with E-state index >= 15 is 0 Å². The van der Waals surface area contributed by atoms with E-state index in [9.17, 15) is 10.2 Å². The van der Waals surface area contributed by atoms with Crippen molar-refractivity contribution in [1.82, 2.24) is 25.4 Å². The van der Waals surface area contributed by atoms with Crippen molar-refractivity contribution >= 4 is 5.65 Å². The van der Waals surface area contributed by atoms with Crippen LogP contribution in [-0.2, 0) is 19.6 Å². The third-order valence-corrected chi connectivity index (χ3v) is 4.47. The minimum Gasteiger partial charge on any atom is -0.508 e. The van der Waals surface area contributed by atoms with Crippen LogP contribution in [-0.4, -0.2) is 35.8 Å². The average molecular weight is 341 g/mol. The molecule has 0 aliphatic heterocycles. The first-order valence-corrected chi connectivity index (χ1v) is 8.32. The monoisotopic (exact) mass is 341 g/mol. The van der Waals surface area contributed by atoms with Crippen LogP contribution in [0.2, 0.25) is 0 Å². The predicted molar refractivity (Wildman–Crippen MR) is 94.1 cm³/mol. The van der Waals surface area contributed by atoms with Crippen molar-refractivity contribution in [2.45, 2.75) is 45.4 Å². The Hall–Kier alpha value is -2.51. The standard InChI is InChI=1S/C18H23N5O2/c1-18(2,10-9-13-5-3-4-6-16(13)25)19-11-15-14(12-24)7-8-17-20-21-22-23(15)17/h3-8,19,24-25H,9-12H2,1-2H3. The minimum atomic E-state index is -0.162. The van der Waals surface area contributed by atoms with Gasteiger partial charge in [-0.25, -0.2) is 0 Å². The lowest BCUT2D eigenvalue weighted by atomic mass is 9.94. The SMILES string of the molecule is CC(C)(CCc1ccccc1O)NCc1c(CO)ccc2nnnn12. The zero-order valence-electron chi connectivity index (χ0n) is 14.5. The minimum absolute atomic E-state index is 0.0644. The summed E-state index contributed by atoms with van der Waals surface area (Å²) in [7, 11) is 0. The third kappa shape index (κ3) is 3.94. The Balaban J connectivity index is 1.70. The lowest BCUT2D eigenvalue weighted by Gasteiger charge is -2.27. The summed E-state index contributed by atoms with van der Waals surface area (Å²) in [5.74, 6) is 0.333. The number of para-hydroxylation sites is 1. The first-order chi connectivity index (χ1) is 12.0. The molecular formula is C18H23N5O2. The van der Waals surface area contributed by atoms with Crippen LogP contribution >= 0.6 is 0 Å². The van der Waals surface area contributed by atoms with Crippen molar-refractivity contribution in [1.29, 1.82) is 0 Å². The third-order valence-electron chi connectivity index (χ3n) is 4.47. The van der Waals surface area contributed by atoms with Crippen LogP contribution in [0.4, 0.5) is 0 Å². The predicted octanol–water partition coefficient (Wildman–Crippen LogP) is 1.82. The number of nitrogens with zero attached hydrogens (tertiary/aromatic N) is 4. The number of hydrogen-bond donors (Lipinski definition) is 3. The highest BCUT2D eigenvalue weighted by molar-refractivity contribution is 5.40. The zero-order chi connectivity index (χ0) is 17.9. The van der Waals surface area contributed by atoms with Crippen LogP contribution in [0.25, 0.3) is 5.65 Å². The van der Waals surface area contributed by atoms with Gasteiger partial charge in [0.25, 0.3) is 0 Å². The van der Waals surface area contributed by atoms with E-state index < -0.39 is 0 Å². The summed E-state index contributed by atoms with van der Waals surface area (Å²) in [5.41, 5.74) is 3.08. The second-order valence-electron chi connectivity index (χ2n) is 6.78. The summed E-state index contributed by atoms with van der Waals surface area (Å²) in [6, 6.07) is 11.0. The number of aromatic hydroxyl groups is 1. The van der Waals surface area contributed by atoms with Gasteiger partial charge in [0, 0.05) is 17.6 Å². The number of tetrazole rings is 1. The Morgan fingerprint density at radius 3 is 2.68 bits per heavy atom. The number of phenols is 1. The van der Waals surface area contributed by atoms with E-state index in [2.05, 4.69) is 34.7 Å². The molecule has 0 amide bonds. The Morgan fingerprint density at radius 2 is 1.92 bits per heavy atom. The molecule has 0 aliphatic carbocycles. The summed E-state index contributed by atoms with van der Waals surface area (Å²) in [5, 5.41) is 34.7. The van der Waals surface area contributed by atoms with E-state index in [1.54, 1.807) is 16.6 Å². The van der Waals surface area contributed by atoms with Crippen molar-refractivity contribution in [2.24, 2.45) is 0 Å². The van der Waals surface area contributed by atoms with Crippen LogP contribution in [0, 0.1) is 0 Å². The van der Waals surface area contributed by atoms with Gasteiger partial charge in [0.05, 0.1) is 12.3 Å². The molecule has 2 aromatic heterocycles. The highest BCUT2D eigenvalue weighted by atomic mass is 16.3. The number of hydrogen-bond acceptors (Lipinski definition) is 6. The van der Waals surface area contributed by atoms with E-state index in [0.717, 1.165) is 29.7 Å². The van der Waals surface area contributed by atoms with Gasteiger partial charge in [-0.3, -0.25) is 0 Å². The molecule has 2 heterocycles. The quantitative estimate of drug-likeness (QED) is 0.607. The maximum absolute atomic E-state index is 9.90. The molecule has 132 valence electrons. The number of pyridine rings is 1. The van der Waals surface area contributed by atoms with Gasteiger partial charge in [0.2, 0.25) is 0 Å². The Bertz CT molecular complexity index is 860. The van der Waals surface area contributed by atoms with Crippen molar-refractivity contribution in [2.75, 3.05) is 0 Å². The topological polar surface area (TPSA) is 95.6 Å². The maximum atomic E-state index is 9.90. The molecule has 0 aliphatic rings. The van der Waals surface area contributed by atoms with E-state index in [1.807, 2.05) is 24.3 Å². The van der Waals surface area contributed by atoms with Crippen LogP contribution in [0.5, 0.6) is 5.75 Å². The zero-order valence-corrected chi connectivity index (χ0v) is 14.5. The number of aryl methyl sites for hydroxylation is 1. The number of fused-ring (bicyclic) bond motifs is 1. The van der Waals surface area contributed by atoms with Crippen molar-refractivity contribution in [3.05, 3.63) is 53.2 Å². The van der Waals surface area contributed by atoms with Crippen LogP contribution in [0.3, 0.4) is 0 Å². The van der Waals surface area contributed by atoms with Gasteiger partial charge in [-0.15, -0.1) is 5.10 Å². The molecule has 7 heteroatoms. The molecule has 25 heavy (non-hydrogen) atoms. The molecule has 0 saturated carbocycles. The molecule has 0 saturated heterocycles. The molecule has 1 aromatic carbocycles. The van der Waals surface area contributed by atoms with Gasteiger partial charge < -0.3 is 15.5 Å². The van der Waals surface area contributed by atoms with Crippen molar-refractivity contribution < 1.29 is 10.2 Å². The van der Waals surface area contributed by atoms with E-state index in [4.69, 9.17) is 0 Å². The number of nitrogens with one attached hydrogen (secondary N) is 1. The molecule has 0 bridgehead atoms. The molecule has 0 unspecified atom stereocenters. The van der Waals surface area contributed by atoms with Crippen LogP contribution in [0.15, 0.2) is 36.4 Å². The van der Waals surface area contributed by atoms with E-state index in [0.29, 0.717) is 17.9 Å². The van der Waals surface area contributed by atoms with Crippen LogP contribution in [0.1, 0.15) is 37.1 Å². The normalized spacial score (nSPS) is 12.0. The fraction of sp³-hybridized carbons (Fsp3) is 0.389. The number of aromatic nitrogens is 4. The van der Waals surface area contributed by atoms with Gasteiger partial charge in [-0.05, 0) is 54.8 Å². The molecule has 3 rings (SSSR count). The Kier molecular flexibility index (Phi) is 4.96. The molecule has 7 nitrogen and oxygen atoms in total. The maximum Gasteiger partial charge on any atom is 0.179 e. The summed E-state index contributed by atoms with van der Waals surface area (Å²) in [4.78, 5) is 0. The van der Waals surface area contributed by atoms with E-state index in [-0.39, 0.29) is 12.1 Å². The molecule has 0 atom stereocenters. The Morgan fingerprint density at radius 1 is 1.12 bits per heavy atom. The smallest absolute Gasteiger partial charge is 0.179 e. The molecule has 3 N–H and O–H groups in total. The highest BCUT2D eigenvalue weighted by Gasteiger charge is 2.19. The summed E-state index contributed by atoms with van der Waals surface area (Å²) < 4.78 is 1.65. The van der Waals surface area contributed by atoms with Crippen LogP contribution < -0.4 is 5.32 Å². The molecule has 3 aromatic rings. The van der Waals surface area contributed by atoms with Gasteiger partial charge in [-0.1, -0.05) is 24.3 Å². The van der Waals surface area contributed by atoms with Crippen molar-refractivity contribution in [3.8, 4) is 5.75 Å². The van der Waals surface area contributed by atoms with Gasteiger partial charge >= 0.3 is 0 Å². The molecule has 0 radical (unpaired) electrons. The van der Waals surface area contributed by atoms with Crippen molar-refractivity contribution in [3.63, 3.8) is 0 Å². The van der Waals surface area contributed by atoms with Gasteiger partial charge in [0.1, 0.15) is 5.75 Å². The van der Waals surface area contributed by atoms with Gasteiger partial charge in [0.15, 0.2) is 5.65 Å². The number of aliphatic hydroxyl groups excluding tert-OH is 1. The first-order valence-electron chi connectivity index (χ1n) is 8.32. The summed E-state index contributed by atoms with van der Waals surface area (Å²) in [6.45, 7) is 4.70. The Labute approximate surface area is 146 Å². The first kappa shape index (κ1) is 17.3.